The number of halogens is 2. The van der Waals surface area contributed by atoms with Gasteiger partial charge in [-0.2, -0.15) is 0 Å². The molecule has 0 aliphatic carbocycles. The van der Waals surface area contributed by atoms with Crippen molar-refractivity contribution in [3.63, 3.8) is 0 Å². The van der Waals surface area contributed by atoms with Crippen LogP contribution in [0.3, 0.4) is 0 Å². The first kappa shape index (κ1) is 14.6. The Morgan fingerprint density at radius 3 is 2.48 bits per heavy atom. The van der Waals surface area contributed by atoms with Crippen LogP contribution >= 0.6 is 0 Å². The summed E-state index contributed by atoms with van der Waals surface area (Å²) < 4.78 is 39.6. The van der Waals surface area contributed by atoms with E-state index < -0.39 is 23.8 Å². The molecule has 2 N–H and O–H groups in total. The molecular formula is C15H17F2N3O3. The first-order chi connectivity index (χ1) is 11.1. The Balaban J connectivity index is 1.63. The number of ether oxygens (including phenoxy) is 2. The number of rotatable bonds is 3. The second kappa shape index (κ2) is 5.31. The molecule has 3 heterocycles. The molecule has 1 aromatic carbocycles. The highest BCUT2D eigenvalue weighted by atomic mass is 19.1. The van der Waals surface area contributed by atoms with Gasteiger partial charge < -0.3 is 20.1 Å². The van der Waals surface area contributed by atoms with Crippen LogP contribution in [0.5, 0.6) is 0 Å². The molecule has 3 saturated heterocycles. The lowest BCUT2D eigenvalue weighted by Gasteiger charge is -2.27. The van der Waals surface area contributed by atoms with E-state index in [-0.39, 0.29) is 36.8 Å². The maximum atomic E-state index is 14.5. The van der Waals surface area contributed by atoms with Crippen molar-refractivity contribution in [2.24, 2.45) is 5.73 Å². The predicted octanol–water partition coefficient (Wildman–Crippen LogP) is 1.57. The van der Waals surface area contributed by atoms with Crippen LogP contribution in [-0.4, -0.2) is 44.2 Å². The summed E-state index contributed by atoms with van der Waals surface area (Å²) in [6, 6.07) is 2.31. The largest absolute Gasteiger partial charge is 0.443 e. The fourth-order valence-electron chi connectivity index (χ4n) is 3.46. The molecule has 3 fully saturated rings. The van der Waals surface area contributed by atoms with Crippen molar-refractivity contribution in [2.75, 3.05) is 29.4 Å². The Hall–Kier alpha value is -1.93. The first-order valence-electron chi connectivity index (χ1n) is 7.66. The standard InChI is InChI=1S/C15H17F2N3O3/c16-11-3-8(19-7-10(5-18)23-15(19)21)4-12(17)14(11)20-6-9-1-2-13(20)22-9/h3-4,9-10,13H,1-2,5-7,18H2/t9?,10-,13?/m0/s1. The highest BCUT2D eigenvalue weighted by Gasteiger charge is 2.41. The SMILES string of the molecule is NC[C@H]1CN(c2cc(F)c(N3CC4CCC3O4)c(F)c2)C(=O)O1. The molecule has 23 heavy (non-hydrogen) atoms. The summed E-state index contributed by atoms with van der Waals surface area (Å²) in [4.78, 5) is 14.6. The van der Waals surface area contributed by atoms with Crippen LogP contribution in [0, 0.1) is 11.6 Å². The van der Waals surface area contributed by atoms with Crippen LogP contribution in [-0.2, 0) is 9.47 Å². The van der Waals surface area contributed by atoms with Gasteiger partial charge in [-0.25, -0.2) is 13.6 Å². The number of cyclic esters (lactones) is 1. The molecule has 3 aliphatic rings. The molecule has 0 radical (unpaired) electrons. The molecule has 6 nitrogen and oxygen atoms in total. The van der Waals surface area contributed by atoms with Crippen LogP contribution in [0.25, 0.3) is 0 Å². The summed E-state index contributed by atoms with van der Waals surface area (Å²) in [6.07, 6.45) is 0.349. The zero-order valence-electron chi connectivity index (χ0n) is 12.4. The van der Waals surface area contributed by atoms with Gasteiger partial charge in [0.25, 0.3) is 0 Å². The molecule has 0 saturated carbocycles. The number of hydrogen-bond acceptors (Lipinski definition) is 5. The van der Waals surface area contributed by atoms with Gasteiger partial charge in [-0.3, -0.25) is 4.90 Å². The van der Waals surface area contributed by atoms with Gasteiger partial charge in [0.15, 0.2) is 11.6 Å². The normalized spacial score (nSPS) is 29.5. The van der Waals surface area contributed by atoms with E-state index >= 15 is 0 Å². The molecule has 1 amide bonds. The number of benzene rings is 1. The summed E-state index contributed by atoms with van der Waals surface area (Å²) in [5.74, 6) is -1.42. The van der Waals surface area contributed by atoms with Gasteiger partial charge in [0.2, 0.25) is 0 Å². The number of anilines is 2. The Labute approximate surface area is 131 Å². The van der Waals surface area contributed by atoms with Crippen molar-refractivity contribution in [1.82, 2.24) is 0 Å². The van der Waals surface area contributed by atoms with Crippen molar-refractivity contribution in [3.05, 3.63) is 23.8 Å². The minimum Gasteiger partial charge on any atom is -0.443 e. The number of nitrogens with zero attached hydrogens (tertiary/aromatic N) is 2. The molecule has 124 valence electrons. The van der Waals surface area contributed by atoms with Gasteiger partial charge in [-0.1, -0.05) is 0 Å². The van der Waals surface area contributed by atoms with Gasteiger partial charge in [-0.05, 0) is 12.8 Å². The molecule has 3 aliphatic heterocycles. The number of nitrogens with two attached hydrogens (primary N) is 1. The van der Waals surface area contributed by atoms with Gasteiger partial charge in [0.1, 0.15) is 18.0 Å². The average Bonchev–Trinajstić information content (AvgIpc) is 3.21. The quantitative estimate of drug-likeness (QED) is 0.914. The molecule has 4 rings (SSSR count). The van der Waals surface area contributed by atoms with E-state index in [1.165, 1.54) is 4.90 Å². The van der Waals surface area contributed by atoms with Crippen molar-refractivity contribution >= 4 is 17.5 Å². The van der Waals surface area contributed by atoms with E-state index in [0.29, 0.717) is 6.54 Å². The summed E-state index contributed by atoms with van der Waals surface area (Å²) in [5, 5.41) is 0. The monoisotopic (exact) mass is 325 g/mol. The van der Waals surface area contributed by atoms with Gasteiger partial charge in [0.05, 0.1) is 18.3 Å². The van der Waals surface area contributed by atoms with Gasteiger partial charge in [-0.15, -0.1) is 0 Å². The Morgan fingerprint density at radius 1 is 1.22 bits per heavy atom. The summed E-state index contributed by atoms with van der Waals surface area (Å²) in [5.41, 5.74) is 5.51. The smallest absolute Gasteiger partial charge is 0.414 e. The zero-order chi connectivity index (χ0) is 16.1. The first-order valence-corrected chi connectivity index (χ1v) is 7.66. The minimum absolute atomic E-state index is 0.0392. The minimum atomic E-state index is -0.708. The molecule has 2 bridgehead atoms. The number of piperidine rings is 1. The fourth-order valence-corrected chi connectivity index (χ4v) is 3.46. The van der Waals surface area contributed by atoms with Crippen LogP contribution in [0.1, 0.15) is 12.8 Å². The number of carbonyl (C=O) groups excluding carboxylic acids is 1. The Bertz CT molecular complexity index is 634. The highest BCUT2D eigenvalue weighted by Crippen LogP contribution is 2.39. The second-order valence-electron chi connectivity index (χ2n) is 6.05. The van der Waals surface area contributed by atoms with Gasteiger partial charge >= 0.3 is 6.09 Å². The summed E-state index contributed by atoms with van der Waals surface area (Å²) >= 11 is 0. The number of hydrogen-bond donors (Lipinski definition) is 1. The lowest BCUT2D eigenvalue weighted by molar-refractivity contribution is 0.108. The Morgan fingerprint density at radius 2 is 1.96 bits per heavy atom. The Kier molecular flexibility index (Phi) is 3.38. The molecule has 8 heteroatoms. The van der Waals surface area contributed by atoms with Crippen molar-refractivity contribution in [3.8, 4) is 0 Å². The van der Waals surface area contributed by atoms with Crippen molar-refractivity contribution < 1.29 is 23.0 Å². The molecule has 2 unspecified atom stereocenters. The summed E-state index contributed by atoms with van der Waals surface area (Å²) in [7, 11) is 0. The van der Waals surface area contributed by atoms with Gasteiger partial charge in [0, 0.05) is 25.2 Å². The summed E-state index contributed by atoms with van der Waals surface area (Å²) in [6.45, 7) is 0.837. The molecule has 3 atom stereocenters. The lowest BCUT2D eigenvalue weighted by Crippen LogP contribution is -2.34. The van der Waals surface area contributed by atoms with Crippen LogP contribution in [0.2, 0.25) is 0 Å². The average molecular weight is 325 g/mol. The third kappa shape index (κ3) is 2.33. The lowest BCUT2D eigenvalue weighted by atomic mass is 10.1. The molecular weight excluding hydrogens is 308 g/mol. The predicted molar refractivity (Wildman–Crippen MR) is 78.3 cm³/mol. The fraction of sp³-hybridized carbons (Fsp3) is 0.533. The topological polar surface area (TPSA) is 68.0 Å². The number of carbonyl (C=O) groups is 1. The number of fused-ring (bicyclic) bond motifs is 2. The molecule has 0 aromatic heterocycles. The third-order valence-electron chi connectivity index (χ3n) is 4.57. The molecule has 0 spiro atoms. The van der Waals surface area contributed by atoms with E-state index in [4.69, 9.17) is 15.2 Å². The maximum Gasteiger partial charge on any atom is 0.414 e. The highest BCUT2D eigenvalue weighted by molar-refractivity contribution is 5.90. The zero-order valence-corrected chi connectivity index (χ0v) is 12.4. The van der Waals surface area contributed by atoms with Crippen LogP contribution in [0.15, 0.2) is 12.1 Å². The third-order valence-corrected chi connectivity index (χ3v) is 4.57. The maximum absolute atomic E-state index is 14.5. The van der Waals surface area contributed by atoms with E-state index in [2.05, 4.69) is 0 Å². The molecule has 1 aromatic rings. The number of amides is 1. The van der Waals surface area contributed by atoms with E-state index in [0.717, 1.165) is 25.0 Å². The van der Waals surface area contributed by atoms with Crippen LogP contribution < -0.4 is 15.5 Å². The van der Waals surface area contributed by atoms with Crippen molar-refractivity contribution in [1.29, 1.82) is 0 Å². The van der Waals surface area contributed by atoms with Crippen molar-refractivity contribution in [2.45, 2.75) is 31.3 Å². The second-order valence-corrected chi connectivity index (χ2v) is 6.05. The van der Waals surface area contributed by atoms with E-state index in [1.54, 1.807) is 4.90 Å². The van der Waals surface area contributed by atoms with E-state index in [1.807, 2.05) is 0 Å². The van der Waals surface area contributed by atoms with Crippen LogP contribution in [0.4, 0.5) is 25.0 Å². The van der Waals surface area contributed by atoms with E-state index in [9.17, 15) is 13.6 Å².